The standard InChI is InChI=1S/C38H29N3/c1-5-27(20-25(3)26(4)21-28-13-7-6-12-24(28)2)29-18-19-35-31(22-29)37-32(23-30-14-8-9-15-33(30)39-37)38-40-34-16-10-11-17-36(34)41(35)38/h5-23H,1,3H2,2,4H3/b26-21+,27-20+. The number of hydrogen-bond acceptors (Lipinski definition) is 2. The second-order valence-electron chi connectivity index (χ2n) is 10.6. The smallest absolute Gasteiger partial charge is 0.147 e. The third-order valence-electron chi connectivity index (χ3n) is 7.97. The van der Waals surface area contributed by atoms with Crippen molar-refractivity contribution in [3.8, 4) is 0 Å². The van der Waals surface area contributed by atoms with E-state index >= 15 is 0 Å². The molecule has 0 amide bonds. The molecule has 3 nitrogen and oxygen atoms in total. The fourth-order valence-corrected chi connectivity index (χ4v) is 5.68. The van der Waals surface area contributed by atoms with E-state index in [0.717, 1.165) is 71.7 Å². The summed E-state index contributed by atoms with van der Waals surface area (Å²) in [6.07, 6.45) is 6.22. The maximum atomic E-state index is 5.17. The molecular formula is C38H29N3. The molecule has 0 spiro atoms. The molecule has 0 saturated carbocycles. The van der Waals surface area contributed by atoms with E-state index in [0.29, 0.717) is 0 Å². The molecule has 0 aliphatic rings. The highest BCUT2D eigenvalue weighted by Crippen LogP contribution is 2.35. The largest absolute Gasteiger partial charge is 0.292 e. The van der Waals surface area contributed by atoms with Gasteiger partial charge in [0.2, 0.25) is 0 Å². The Morgan fingerprint density at radius 2 is 1.54 bits per heavy atom. The zero-order chi connectivity index (χ0) is 28.1. The number of fused-ring (bicyclic) bond motifs is 9. The number of hydrogen-bond donors (Lipinski definition) is 0. The van der Waals surface area contributed by atoms with Gasteiger partial charge in [0.15, 0.2) is 0 Å². The molecule has 41 heavy (non-hydrogen) atoms. The van der Waals surface area contributed by atoms with Gasteiger partial charge >= 0.3 is 0 Å². The molecule has 0 fully saturated rings. The molecule has 0 radical (unpaired) electrons. The van der Waals surface area contributed by atoms with Gasteiger partial charge in [-0.05, 0) is 89.7 Å². The topological polar surface area (TPSA) is 30.2 Å². The summed E-state index contributed by atoms with van der Waals surface area (Å²) in [6.45, 7) is 12.8. The van der Waals surface area contributed by atoms with Crippen molar-refractivity contribution >= 4 is 61.0 Å². The van der Waals surface area contributed by atoms with Crippen LogP contribution in [-0.4, -0.2) is 14.4 Å². The number of pyridine rings is 2. The Bertz CT molecular complexity index is 2260. The average Bonchev–Trinajstić information content (AvgIpc) is 3.40. The Labute approximate surface area is 239 Å². The van der Waals surface area contributed by atoms with E-state index in [1.54, 1.807) is 0 Å². The van der Waals surface area contributed by atoms with Crippen molar-refractivity contribution in [2.75, 3.05) is 0 Å². The maximum absolute atomic E-state index is 5.17. The zero-order valence-corrected chi connectivity index (χ0v) is 23.2. The molecular weight excluding hydrogens is 498 g/mol. The number of imidazole rings is 1. The second-order valence-corrected chi connectivity index (χ2v) is 10.6. The van der Waals surface area contributed by atoms with Crippen LogP contribution in [0.2, 0.25) is 0 Å². The van der Waals surface area contributed by atoms with Gasteiger partial charge in [0.05, 0.1) is 27.6 Å². The zero-order valence-electron chi connectivity index (χ0n) is 23.2. The molecule has 3 aromatic heterocycles. The number of nitrogens with zero attached hydrogens (tertiary/aromatic N) is 3. The Morgan fingerprint density at radius 3 is 2.37 bits per heavy atom. The van der Waals surface area contributed by atoms with Crippen molar-refractivity contribution in [1.29, 1.82) is 0 Å². The lowest BCUT2D eigenvalue weighted by molar-refractivity contribution is 1.31. The number of rotatable bonds is 5. The van der Waals surface area contributed by atoms with Crippen LogP contribution in [0.4, 0.5) is 0 Å². The van der Waals surface area contributed by atoms with E-state index in [1.807, 2.05) is 18.2 Å². The van der Waals surface area contributed by atoms with Gasteiger partial charge in [0.25, 0.3) is 0 Å². The maximum Gasteiger partial charge on any atom is 0.147 e. The van der Waals surface area contributed by atoms with E-state index in [2.05, 4.69) is 128 Å². The molecule has 0 bridgehead atoms. The highest BCUT2D eigenvalue weighted by molar-refractivity contribution is 6.15. The minimum Gasteiger partial charge on any atom is -0.292 e. The summed E-state index contributed by atoms with van der Waals surface area (Å²) in [4.78, 5) is 10.2. The minimum absolute atomic E-state index is 0.921. The van der Waals surface area contributed by atoms with Crippen molar-refractivity contribution in [1.82, 2.24) is 14.4 Å². The highest BCUT2D eigenvalue weighted by Gasteiger charge is 2.16. The van der Waals surface area contributed by atoms with Gasteiger partial charge < -0.3 is 0 Å². The van der Waals surface area contributed by atoms with E-state index in [1.165, 1.54) is 11.1 Å². The summed E-state index contributed by atoms with van der Waals surface area (Å²) in [5, 5.41) is 3.21. The Hall–Kier alpha value is -5.28. The first-order valence-electron chi connectivity index (χ1n) is 13.8. The van der Waals surface area contributed by atoms with Crippen LogP contribution in [0.5, 0.6) is 0 Å². The Balaban J connectivity index is 1.46. The first-order chi connectivity index (χ1) is 20.0. The lowest BCUT2D eigenvalue weighted by Crippen LogP contribution is -1.95. The van der Waals surface area contributed by atoms with Crippen LogP contribution >= 0.6 is 0 Å². The summed E-state index contributed by atoms with van der Waals surface area (Å²) in [6, 6.07) is 33.7. The van der Waals surface area contributed by atoms with Gasteiger partial charge in [-0.15, -0.1) is 0 Å². The lowest BCUT2D eigenvalue weighted by atomic mass is 9.97. The number of aromatic nitrogens is 3. The molecule has 3 heteroatoms. The van der Waals surface area contributed by atoms with Crippen LogP contribution in [0.1, 0.15) is 23.6 Å². The summed E-state index contributed by atoms with van der Waals surface area (Å²) in [5.74, 6) is 0. The SMILES string of the molecule is C=C/C(=C\C(=C)/C(C)=C/c1ccccc1C)c1ccc2c(c1)c1nc3ccccc3cc1c1nc3ccccc3n21. The summed E-state index contributed by atoms with van der Waals surface area (Å²) >= 11 is 0. The van der Waals surface area contributed by atoms with Crippen LogP contribution in [-0.2, 0) is 0 Å². The second kappa shape index (κ2) is 9.72. The predicted molar refractivity (Wildman–Crippen MR) is 175 cm³/mol. The normalized spacial score (nSPS) is 12.6. The Morgan fingerprint density at radius 1 is 0.780 bits per heavy atom. The van der Waals surface area contributed by atoms with Crippen LogP contribution in [0.25, 0.3) is 61.0 Å². The summed E-state index contributed by atoms with van der Waals surface area (Å²) in [7, 11) is 0. The van der Waals surface area contributed by atoms with Crippen LogP contribution in [0, 0.1) is 6.92 Å². The average molecular weight is 528 g/mol. The van der Waals surface area contributed by atoms with Gasteiger partial charge in [-0.2, -0.15) is 0 Å². The van der Waals surface area contributed by atoms with Gasteiger partial charge in [-0.25, -0.2) is 9.97 Å². The van der Waals surface area contributed by atoms with Gasteiger partial charge in [0.1, 0.15) is 5.65 Å². The Kier molecular flexibility index (Phi) is 5.87. The molecule has 3 heterocycles. The first kappa shape index (κ1) is 24.7. The predicted octanol–water partition coefficient (Wildman–Crippen LogP) is 9.88. The summed E-state index contributed by atoms with van der Waals surface area (Å²) < 4.78 is 2.26. The van der Waals surface area contributed by atoms with Crippen molar-refractivity contribution in [2.24, 2.45) is 0 Å². The molecule has 7 aromatic rings. The molecule has 7 rings (SSSR count). The molecule has 0 N–H and O–H groups in total. The highest BCUT2D eigenvalue weighted by atomic mass is 15.0. The first-order valence-corrected chi connectivity index (χ1v) is 13.8. The van der Waals surface area contributed by atoms with Crippen molar-refractivity contribution in [3.05, 3.63) is 150 Å². The lowest BCUT2D eigenvalue weighted by Gasteiger charge is -2.12. The minimum atomic E-state index is 0.921. The monoisotopic (exact) mass is 527 g/mol. The van der Waals surface area contributed by atoms with Crippen molar-refractivity contribution < 1.29 is 0 Å². The molecule has 0 saturated heterocycles. The van der Waals surface area contributed by atoms with E-state index in [-0.39, 0.29) is 0 Å². The number of aryl methyl sites for hydroxylation is 1. The molecule has 0 unspecified atom stereocenters. The summed E-state index contributed by atoms with van der Waals surface area (Å²) in [5.41, 5.74) is 12.6. The molecule has 0 aliphatic heterocycles. The molecule has 4 aromatic carbocycles. The molecule has 0 aliphatic carbocycles. The quantitative estimate of drug-likeness (QED) is 0.127. The fourth-order valence-electron chi connectivity index (χ4n) is 5.68. The third-order valence-corrected chi connectivity index (χ3v) is 7.97. The fraction of sp³-hybridized carbons (Fsp3) is 0.0526. The van der Waals surface area contributed by atoms with E-state index in [9.17, 15) is 0 Å². The van der Waals surface area contributed by atoms with E-state index < -0.39 is 0 Å². The number of allylic oxidation sites excluding steroid dienone is 5. The van der Waals surface area contributed by atoms with Gasteiger partial charge in [-0.1, -0.05) is 86.0 Å². The molecule has 0 atom stereocenters. The van der Waals surface area contributed by atoms with Crippen molar-refractivity contribution in [2.45, 2.75) is 13.8 Å². The van der Waals surface area contributed by atoms with E-state index in [4.69, 9.17) is 9.97 Å². The van der Waals surface area contributed by atoms with Gasteiger partial charge in [-0.3, -0.25) is 4.40 Å². The van der Waals surface area contributed by atoms with Crippen LogP contribution in [0.15, 0.2) is 134 Å². The van der Waals surface area contributed by atoms with Gasteiger partial charge in [0, 0.05) is 16.2 Å². The third kappa shape index (κ3) is 4.14. The van der Waals surface area contributed by atoms with Crippen LogP contribution in [0.3, 0.4) is 0 Å². The van der Waals surface area contributed by atoms with Crippen LogP contribution < -0.4 is 0 Å². The number of para-hydroxylation sites is 3. The molecule has 196 valence electrons. The van der Waals surface area contributed by atoms with Crippen molar-refractivity contribution in [3.63, 3.8) is 0 Å². The number of benzene rings is 4.